The Bertz CT molecular complexity index is 490. The summed E-state index contributed by atoms with van der Waals surface area (Å²) in [6.07, 6.45) is 2.76. The molecular formula is C15H21N3O. The van der Waals surface area contributed by atoms with Gasteiger partial charge in [-0.25, -0.2) is 0 Å². The first-order valence-electron chi connectivity index (χ1n) is 7.28. The summed E-state index contributed by atoms with van der Waals surface area (Å²) in [5.41, 5.74) is 3.90. The van der Waals surface area contributed by atoms with E-state index in [0.717, 1.165) is 39.2 Å². The van der Waals surface area contributed by atoms with Gasteiger partial charge in [0, 0.05) is 31.1 Å². The lowest BCUT2D eigenvalue weighted by molar-refractivity contribution is -0.870. The minimum Gasteiger partial charge on any atom is -0.464 e. The van der Waals surface area contributed by atoms with Crippen molar-refractivity contribution in [3.8, 4) is 0 Å². The van der Waals surface area contributed by atoms with Crippen molar-refractivity contribution >= 4 is 0 Å². The fourth-order valence-electron chi connectivity index (χ4n) is 3.57. The van der Waals surface area contributed by atoms with Gasteiger partial charge in [0.2, 0.25) is 0 Å². The molecule has 0 aliphatic carbocycles. The Hall–Kier alpha value is -0.970. The monoisotopic (exact) mass is 259 g/mol. The van der Waals surface area contributed by atoms with E-state index in [2.05, 4.69) is 24.1 Å². The van der Waals surface area contributed by atoms with E-state index in [1.165, 1.54) is 28.3 Å². The van der Waals surface area contributed by atoms with E-state index in [0.29, 0.717) is 12.1 Å². The summed E-state index contributed by atoms with van der Waals surface area (Å²) < 4.78 is 5.65. The molecule has 2 fully saturated rings. The van der Waals surface area contributed by atoms with Crippen LogP contribution in [0.5, 0.6) is 0 Å². The Morgan fingerprint density at radius 3 is 3.21 bits per heavy atom. The molecule has 3 aliphatic heterocycles. The van der Waals surface area contributed by atoms with Crippen molar-refractivity contribution in [3.05, 3.63) is 36.1 Å². The fraction of sp³-hybridized carbons (Fsp3) is 0.600. The molecule has 1 unspecified atom stereocenters. The van der Waals surface area contributed by atoms with E-state index in [9.17, 15) is 0 Å². The maximum absolute atomic E-state index is 5.65. The number of quaternary nitrogens is 1. The largest absolute Gasteiger partial charge is 0.464 e. The average molecular weight is 259 g/mol. The third-order valence-corrected chi connectivity index (χ3v) is 4.66. The Morgan fingerprint density at radius 1 is 1.47 bits per heavy atom. The molecule has 4 nitrogen and oxygen atoms in total. The molecule has 4 heterocycles. The number of rotatable bonds is 2. The summed E-state index contributed by atoms with van der Waals surface area (Å²) in [6.45, 7) is 5.10. The van der Waals surface area contributed by atoms with E-state index in [-0.39, 0.29) is 0 Å². The maximum atomic E-state index is 5.65. The van der Waals surface area contributed by atoms with Crippen molar-refractivity contribution in [3.63, 3.8) is 0 Å². The van der Waals surface area contributed by atoms with Crippen LogP contribution in [0.15, 0.2) is 12.1 Å². The van der Waals surface area contributed by atoms with Crippen molar-refractivity contribution in [1.82, 2.24) is 9.88 Å². The van der Waals surface area contributed by atoms with Crippen molar-refractivity contribution in [1.29, 1.82) is 0 Å². The van der Waals surface area contributed by atoms with Crippen LogP contribution in [-0.2, 0) is 24.2 Å². The van der Waals surface area contributed by atoms with E-state index in [1.807, 2.05) is 0 Å². The Morgan fingerprint density at radius 2 is 2.42 bits per heavy atom. The summed E-state index contributed by atoms with van der Waals surface area (Å²) in [7, 11) is 4.09. The second kappa shape index (κ2) is 4.54. The van der Waals surface area contributed by atoms with Gasteiger partial charge < -0.3 is 9.64 Å². The molecule has 3 aliphatic rings. The van der Waals surface area contributed by atoms with Gasteiger partial charge in [0.05, 0.1) is 37.2 Å². The molecule has 0 aromatic carbocycles. The van der Waals surface area contributed by atoms with Crippen LogP contribution in [-0.4, -0.2) is 41.7 Å². The highest BCUT2D eigenvalue weighted by Gasteiger charge is 2.38. The van der Waals surface area contributed by atoms with Crippen LogP contribution in [0.4, 0.5) is 0 Å². The predicted octanol–water partition coefficient (Wildman–Crippen LogP) is -0.213. The number of morpholine rings is 1. The highest BCUT2D eigenvalue weighted by molar-refractivity contribution is 5.24. The van der Waals surface area contributed by atoms with E-state index in [4.69, 9.17) is 9.72 Å². The molecule has 0 spiro atoms. The number of hydrogen-bond acceptors (Lipinski definition) is 3. The Labute approximate surface area is 114 Å². The van der Waals surface area contributed by atoms with Crippen LogP contribution in [0.1, 0.15) is 23.4 Å². The molecular weight excluding hydrogens is 238 g/mol. The number of fused-ring (bicyclic) bond motifs is 3. The van der Waals surface area contributed by atoms with Crippen molar-refractivity contribution in [2.24, 2.45) is 0 Å². The number of pyridine rings is 1. The predicted molar refractivity (Wildman–Crippen MR) is 71.4 cm³/mol. The highest BCUT2D eigenvalue weighted by Crippen LogP contribution is 2.28. The lowest BCUT2D eigenvalue weighted by atomic mass is 10.1. The summed E-state index contributed by atoms with van der Waals surface area (Å²) >= 11 is 0. The quantitative estimate of drug-likeness (QED) is 0.745. The normalized spacial score (nSPS) is 33.6. The van der Waals surface area contributed by atoms with Crippen LogP contribution in [0.3, 0.4) is 0 Å². The first-order chi connectivity index (χ1) is 9.28. The Balaban J connectivity index is 1.50. The van der Waals surface area contributed by atoms with Crippen molar-refractivity contribution < 1.29 is 9.64 Å². The lowest BCUT2D eigenvalue weighted by Crippen LogP contribution is -3.06. The number of hydrogen-bond donors (Lipinski definition) is 1. The minimum atomic E-state index is 0.478. The van der Waals surface area contributed by atoms with Gasteiger partial charge in [-0.2, -0.15) is 7.05 Å². The van der Waals surface area contributed by atoms with Gasteiger partial charge in [-0.1, -0.05) is 0 Å². The molecule has 1 aromatic rings. The van der Waals surface area contributed by atoms with E-state index >= 15 is 0 Å². The van der Waals surface area contributed by atoms with Gasteiger partial charge in [0.15, 0.2) is 0 Å². The number of nitrogens with zero attached hydrogens (tertiary/aromatic N) is 2. The number of likely N-dealkylation sites (tertiary alicyclic amines) is 1. The average Bonchev–Trinajstić information content (AvgIpc) is 3.01. The third-order valence-electron chi connectivity index (χ3n) is 4.66. The molecule has 19 heavy (non-hydrogen) atoms. The zero-order valence-electron chi connectivity index (χ0n) is 11.3. The second-order valence-electron chi connectivity index (χ2n) is 6.11. The maximum Gasteiger partial charge on any atom is 0.0806 e. The van der Waals surface area contributed by atoms with Gasteiger partial charge in [0.1, 0.15) is 0 Å². The van der Waals surface area contributed by atoms with Crippen LogP contribution in [0, 0.1) is 7.05 Å². The molecule has 2 saturated heterocycles. The molecule has 4 rings (SSSR count). The molecule has 102 valence electrons. The van der Waals surface area contributed by atoms with Crippen LogP contribution >= 0.6 is 0 Å². The Kier molecular flexibility index (Phi) is 2.83. The zero-order valence-corrected chi connectivity index (χ0v) is 11.3. The van der Waals surface area contributed by atoms with E-state index < -0.39 is 0 Å². The first-order valence-corrected chi connectivity index (χ1v) is 7.28. The first kappa shape index (κ1) is 11.8. The highest BCUT2D eigenvalue weighted by atomic mass is 16.5. The van der Waals surface area contributed by atoms with Crippen molar-refractivity contribution in [2.45, 2.75) is 38.1 Å². The minimum absolute atomic E-state index is 0.478. The molecule has 4 heteroatoms. The van der Waals surface area contributed by atoms with Crippen LogP contribution in [0.2, 0.25) is 0 Å². The van der Waals surface area contributed by atoms with Crippen LogP contribution in [0.25, 0.3) is 0 Å². The molecule has 3 atom stereocenters. The summed E-state index contributed by atoms with van der Waals surface area (Å²) in [6, 6.07) is 5.08. The summed E-state index contributed by atoms with van der Waals surface area (Å²) in [5.74, 6) is 0. The van der Waals surface area contributed by atoms with Gasteiger partial charge >= 0.3 is 0 Å². The van der Waals surface area contributed by atoms with Crippen molar-refractivity contribution in [2.75, 3.05) is 19.7 Å². The second-order valence-corrected chi connectivity index (χ2v) is 6.11. The lowest BCUT2D eigenvalue weighted by Gasteiger charge is -2.29. The van der Waals surface area contributed by atoms with Gasteiger partial charge in [-0.05, 0) is 18.6 Å². The van der Waals surface area contributed by atoms with Gasteiger partial charge in [-0.3, -0.25) is 9.88 Å². The smallest absolute Gasteiger partial charge is 0.0806 e. The third kappa shape index (κ3) is 2.18. The SMILES string of the molecule is [CH2-][NH+]1CCc2nc(CN3C[C@@H]4C[C@H]3CO4)ccc2C1. The topological polar surface area (TPSA) is 29.8 Å². The van der Waals surface area contributed by atoms with Gasteiger partial charge in [-0.15, -0.1) is 0 Å². The molecule has 0 radical (unpaired) electrons. The van der Waals surface area contributed by atoms with Crippen LogP contribution < -0.4 is 4.90 Å². The fourth-order valence-corrected chi connectivity index (χ4v) is 3.57. The molecule has 0 amide bonds. The zero-order chi connectivity index (χ0) is 12.8. The number of nitrogens with one attached hydrogen (secondary N) is 1. The standard InChI is InChI=1S/C15H21N3O/c1-17-5-4-15-11(7-17)2-3-12(16-15)8-18-9-14-6-13(18)10-19-14/h2-3,13-14,17H,1,4-10H2/t13-,14-/m0/s1. The molecule has 1 aromatic heterocycles. The molecule has 1 N–H and O–H groups in total. The van der Waals surface area contributed by atoms with E-state index in [1.54, 1.807) is 0 Å². The number of ether oxygens (including phenoxy) is 1. The molecule has 0 saturated carbocycles. The number of aromatic nitrogens is 1. The molecule has 2 bridgehead atoms. The van der Waals surface area contributed by atoms with Gasteiger partial charge in [0.25, 0.3) is 0 Å². The summed E-state index contributed by atoms with van der Waals surface area (Å²) in [4.78, 5) is 8.75. The summed E-state index contributed by atoms with van der Waals surface area (Å²) in [5, 5.41) is 0.